The molecule has 0 aliphatic carbocycles. The summed E-state index contributed by atoms with van der Waals surface area (Å²) in [6, 6.07) is 14.4. The maximum absolute atomic E-state index is 14.0. The summed E-state index contributed by atoms with van der Waals surface area (Å²) in [6.07, 6.45) is 1.85. The number of halogens is 1. The average molecular weight is 397 g/mol. The molecule has 0 spiro atoms. The molecule has 7 heteroatoms. The normalized spacial score (nSPS) is 18.6. The fraction of sp³-hybridized carbons (Fsp3) is 0.238. The maximum atomic E-state index is 14.0. The molecule has 2 aromatic rings. The first-order chi connectivity index (χ1) is 13.6. The Kier molecular flexibility index (Phi) is 5.34. The van der Waals surface area contributed by atoms with E-state index in [2.05, 4.69) is 9.89 Å². The van der Waals surface area contributed by atoms with Gasteiger partial charge in [0.1, 0.15) is 11.6 Å². The molecule has 0 N–H and O–H groups in total. The van der Waals surface area contributed by atoms with Gasteiger partial charge in [-0.05, 0) is 47.7 Å². The number of piperazine rings is 1. The number of para-hydroxylation sites is 1. The number of amides is 1. The lowest BCUT2D eigenvalue weighted by atomic mass is 10.2. The van der Waals surface area contributed by atoms with Crippen molar-refractivity contribution < 1.29 is 13.9 Å². The van der Waals surface area contributed by atoms with Crippen LogP contribution in [0.4, 0.5) is 10.1 Å². The first-order valence-electron chi connectivity index (χ1n) is 9.05. The largest absolute Gasteiger partial charge is 0.497 e. The van der Waals surface area contributed by atoms with Crippen molar-refractivity contribution in [2.24, 2.45) is 4.99 Å². The van der Waals surface area contributed by atoms with Gasteiger partial charge in [0, 0.05) is 26.2 Å². The number of anilines is 1. The van der Waals surface area contributed by atoms with Crippen LogP contribution < -0.4 is 9.64 Å². The van der Waals surface area contributed by atoms with Crippen LogP contribution in [0.3, 0.4) is 0 Å². The molecule has 28 heavy (non-hydrogen) atoms. The highest BCUT2D eigenvalue weighted by molar-refractivity contribution is 8.18. The van der Waals surface area contributed by atoms with Crippen molar-refractivity contribution in [1.29, 1.82) is 0 Å². The Balaban J connectivity index is 1.40. The summed E-state index contributed by atoms with van der Waals surface area (Å²) in [7, 11) is 1.62. The van der Waals surface area contributed by atoms with Crippen molar-refractivity contribution in [3.8, 4) is 5.75 Å². The summed E-state index contributed by atoms with van der Waals surface area (Å²) in [5.74, 6) is 0.355. The van der Waals surface area contributed by atoms with Gasteiger partial charge in [0.25, 0.3) is 5.91 Å². The Hall–Kier alpha value is -2.80. The van der Waals surface area contributed by atoms with Crippen molar-refractivity contribution in [2.45, 2.75) is 0 Å². The molecule has 144 valence electrons. The van der Waals surface area contributed by atoms with Crippen molar-refractivity contribution in [1.82, 2.24) is 4.90 Å². The minimum Gasteiger partial charge on any atom is -0.497 e. The summed E-state index contributed by atoms with van der Waals surface area (Å²) >= 11 is 1.39. The average Bonchev–Trinajstić information content (AvgIpc) is 3.09. The van der Waals surface area contributed by atoms with E-state index < -0.39 is 0 Å². The van der Waals surface area contributed by atoms with Gasteiger partial charge in [-0.25, -0.2) is 4.39 Å². The summed E-state index contributed by atoms with van der Waals surface area (Å²) in [5.41, 5.74) is 1.55. The maximum Gasteiger partial charge on any atom is 0.286 e. The second-order valence-corrected chi connectivity index (χ2v) is 7.52. The van der Waals surface area contributed by atoms with Gasteiger partial charge in [0.05, 0.1) is 17.7 Å². The molecule has 1 fully saturated rings. The molecule has 2 heterocycles. The fourth-order valence-corrected chi connectivity index (χ4v) is 4.20. The Morgan fingerprint density at radius 2 is 1.71 bits per heavy atom. The molecule has 2 aromatic carbocycles. The van der Waals surface area contributed by atoms with Crippen LogP contribution in [-0.4, -0.2) is 49.3 Å². The molecular weight excluding hydrogens is 377 g/mol. The van der Waals surface area contributed by atoms with Crippen molar-refractivity contribution in [2.75, 3.05) is 38.2 Å². The Morgan fingerprint density at radius 1 is 1.04 bits per heavy atom. The summed E-state index contributed by atoms with van der Waals surface area (Å²) in [5, 5.41) is 0.720. The highest BCUT2D eigenvalue weighted by Gasteiger charge is 2.29. The molecule has 0 radical (unpaired) electrons. The minimum atomic E-state index is -0.215. The minimum absolute atomic E-state index is 0.205. The van der Waals surface area contributed by atoms with Crippen LogP contribution in [-0.2, 0) is 4.79 Å². The molecule has 2 aliphatic heterocycles. The van der Waals surface area contributed by atoms with Crippen LogP contribution in [0.1, 0.15) is 5.56 Å². The van der Waals surface area contributed by atoms with Crippen LogP contribution >= 0.6 is 11.8 Å². The van der Waals surface area contributed by atoms with Crippen LogP contribution in [0.15, 0.2) is 58.4 Å². The first kappa shape index (κ1) is 18.6. The molecule has 2 aliphatic rings. The van der Waals surface area contributed by atoms with Crippen LogP contribution in [0.25, 0.3) is 6.08 Å². The van der Waals surface area contributed by atoms with E-state index in [1.54, 1.807) is 19.2 Å². The number of hydrogen-bond acceptors (Lipinski definition) is 5. The number of nitrogens with zero attached hydrogens (tertiary/aromatic N) is 3. The lowest BCUT2D eigenvalue weighted by molar-refractivity contribution is -0.113. The van der Waals surface area contributed by atoms with Gasteiger partial charge in [-0.15, -0.1) is 0 Å². The van der Waals surface area contributed by atoms with Crippen LogP contribution in [0.2, 0.25) is 0 Å². The van der Waals surface area contributed by atoms with E-state index in [1.165, 1.54) is 17.8 Å². The molecule has 0 unspecified atom stereocenters. The van der Waals surface area contributed by atoms with Gasteiger partial charge in [-0.2, -0.15) is 4.99 Å². The molecule has 5 nitrogen and oxygen atoms in total. The molecular formula is C21H20FN3O2S. The van der Waals surface area contributed by atoms with Gasteiger partial charge >= 0.3 is 0 Å². The third kappa shape index (κ3) is 3.89. The number of carbonyl (C=O) groups is 1. The van der Waals surface area contributed by atoms with Crippen LogP contribution in [0, 0.1) is 5.82 Å². The molecule has 1 saturated heterocycles. The number of carbonyl (C=O) groups excluding carboxylic acids is 1. The molecule has 0 aromatic heterocycles. The van der Waals surface area contributed by atoms with E-state index in [0.717, 1.165) is 16.5 Å². The van der Waals surface area contributed by atoms with E-state index >= 15 is 0 Å². The van der Waals surface area contributed by atoms with Gasteiger partial charge in [-0.1, -0.05) is 24.3 Å². The molecule has 0 saturated carbocycles. The van der Waals surface area contributed by atoms with E-state index in [9.17, 15) is 9.18 Å². The first-order valence-corrected chi connectivity index (χ1v) is 9.87. The second kappa shape index (κ2) is 8.06. The zero-order chi connectivity index (χ0) is 19.5. The SMILES string of the molecule is COc1ccc(C=C2SC(N3CCN(c4ccccc4F)CC3)=NC2=O)cc1. The smallest absolute Gasteiger partial charge is 0.286 e. The standard InChI is InChI=1S/C21H20FN3O2S/c1-27-16-8-6-15(7-9-16)14-19-20(26)23-21(28-19)25-12-10-24(11-13-25)18-5-3-2-4-17(18)22/h2-9,14H,10-13H2,1H3. The highest BCUT2D eigenvalue weighted by Crippen LogP contribution is 2.31. The number of benzene rings is 2. The zero-order valence-electron chi connectivity index (χ0n) is 15.5. The Labute approximate surface area is 167 Å². The molecule has 1 amide bonds. The topological polar surface area (TPSA) is 45.1 Å². The number of aliphatic imine (C=N–C) groups is 1. The Bertz CT molecular complexity index is 935. The number of hydrogen-bond donors (Lipinski definition) is 0. The highest BCUT2D eigenvalue weighted by atomic mass is 32.2. The lowest BCUT2D eigenvalue weighted by Gasteiger charge is -2.36. The molecule has 0 bridgehead atoms. The summed E-state index contributed by atoms with van der Waals surface area (Å²) < 4.78 is 19.1. The third-order valence-electron chi connectivity index (χ3n) is 4.77. The summed E-state index contributed by atoms with van der Waals surface area (Å²) in [6.45, 7) is 2.77. The third-order valence-corrected chi connectivity index (χ3v) is 5.81. The quantitative estimate of drug-likeness (QED) is 0.740. The van der Waals surface area contributed by atoms with E-state index in [0.29, 0.717) is 36.8 Å². The van der Waals surface area contributed by atoms with Crippen molar-refractivity contribution in [3.63, 3.8) is 0 Å². The van der Waals surface area contributed by atoms with E-state index in [-0.39, 0.29) is 11.7 Å². The monoisotopic (exact) mass is 397 g/mol. The van der Waals surface area contributed by atoms with E-state index in [4.69, 9.17) is 4.74 Å². The van der Waals surface area contributed by atoms with Gasteiger partial charge in [0.15, 0.2) is 5.17 Å². The van der Waals surface area contributed by atoms with Gasteiger partial charge in [-0.3, -0.25) is 4.79 Å². The molecule has 4 rings (SSSR count). The predicted octanol–water partition coefficient (Wildman–Crippen LogP) is 3.63. The number of thioether (sulfide) groups is 1. The lowest BCUT2D eigenvalue weighted by Crippen LogP contribution is -2.48. The number of ether oxygens (including phenoxy) is 1. The Morgan fingerprint density at radius 3 is 2.39 bits per heavy atom. The van der Waals surface area contributed by atoms with Gasteiger partial charge in [0.2, 0.25) is 0 Å². The van der Waals surface area contributed by atoms with Gasteiger partial charge < -0.3 is 14.5 Å². The van der Waals surface area contributed by atoms with E-state index in [1.807, 2.05) is 41.3 Å². The predicted molar refractivity (Wildman–Crippen MR) is 111 cm³/mol. The second-order valence-electron chi connectivity index (χ2n) is 6.51. The molecule has 0 atom stereocenters. The number of amidine groups is 1. The van der Waals surface area contributed by atoms with Crippen LogP contribution in [0.5, 0.6) is 5.75 Å². The summed E-state index contributed by atoms with van der Waals surface area (Å²) in [4.78, 5) is 21.2. The number of methoxy groups -OCH3 is 1. The van der Waals surface area contributed by atoms with Crippen molar-refractivity contribution in [3.05, 3.63) is 64.8 Å². The number of rotatable bonds is 3. The fourth-order valence-electron chi connectivity index (χ4n) is 3.23. The van der Waals surface area contributed by atoms with Crippen molar-refractivity contribution >= 4 is 34.6 Å². The zero-order valence-corrected chi connectivity index (χ0v) is 16.3.